The van der Waals surface area contributed by atoms with Crippen molar-refractivity contribution >= 4 is 27.5 Å². The van der Waals surface area contributed by atoms with Crippen LogP contribution in [0.1, 0.15) is 27.6 Å². The van der Waals surface area contributed by atoms with Crippen molar-refractivity contribution in [2.75, 3.05) is 36.8 Å². The molecule has 2 aliphatic heterocycles. The van der Waals surface area contributed by atoms with Gasteiger partial charge in [0, 0.05) is 37.9 Å². The minimum absolute atomic E-state index is 0.0280. The lowest BCUT2D eigenvalue weighted by Gasteiger charge is -2.40. The van der Waals surface area contributed by atoms with Crippen LogP contribution in [0.3, 0.4) is 0 Å². The molecule has 0 bridgehead atoms. The molecule has 0 aliphatic carbocycles. The van der Waals surface area contributed by atoms with Crippen LogP contribution in [0.2, 0.25) is 0 Å². The molecule has 152 valence electrons. The first-order valence-electron chi connectivity index (χ1n) is 9.63. The Hall–Kier alpha value is -2.71. The average molecular weight is 413 g/mol. The molecule has 29 heavy (non-hydrogen) atoms. The molecule has 4 rings (SSSR count). The zero-order valence-electron chi connectivity index (χ0n) is 16.2. The van der Waals surface area contributed by atoms with Crippen LogP contribution in [-0.4, -0.2) is 67.4 Å². The number of rotatable bonds is 5. The van der Waals surface area contributed by atoms with E-state index < -0.39 is 21.8 Å². The van der Waals surface area contributed by atoms with E-state index >= 15 is 0 Å². The van der Waals surface area contributed by atoms with Gasteiger partial charge in [0.2, 0.25) is 10.0 Å². The fourth-order valence-electron chi connectivity index (χ4n) is 3.96. The number of amides is 2. The first-order chi connectivity index (χ1) is 13.9. The number of piperazine rings is 1. The topological polar surface area (TPSA) is 78.0 Å². The number of carbonyl (C=O) groups excluding carboxylic acids is 2. The van der Waals surface area contributed by atoms with E-state index in [0.717, 1.165) is 10.6 Å². The molecular formula is C21H23N3O4S. The SMILES string of the molecule is CC1CN(S(=O)(=O)CCN2C(=O)c3ccccc3C2=O)CCN1c1ccccc1. The van der Waals surface area contributed by atoms with E-state index in [9.17, 15) is 18.0 Å². The Kier molecular flexibility index (Phi) is 5.14. The van der Waals surface area contributed by atoms with Gasteiger partial charge < -0.3 is 4.90 Å². The molecule has 1 atom stereocenters. The predicted molar refractivity (Wildman–Crippen MR) is 110 cm³/mol. The highest BCUT2D eigenvalue weighted by Crippen LogP contribution is 2.24. The molecule has 8 heteroatoms. The summed E-state index contributed by atoms with van der Waals surface area (Å²) < 4.78 is 27.2. The van der Waals surface area contributed by atoms with Gasteiger partial charge in [-0.25, -0.2) is 8.42 Å². The second kappa shape index (κ2) is 7.61. The maximum atomic E-state index is 12.9. The number of anilines is 1. The smallest absolute Gasteiger partial charge is 0.261 e. The van der Waals surface area contributed by atoms with Gasteiger partial charge in [0.05, 0.1) is 16.9 Å². The Bertz CT molecular complexity index is 1000. The van der Waals surface area contributed by atoms with Gasteiger partial charge in [-0.2, -0.15) is 4.31 Å². The summed E-state index contributed by atoms with van der Waals surface area (Å²) in [5.74, 6) is -1.12. The van der Waals surface area contributed by atoms with E-state index in [1.165, 1.54) is 4.31 Å². The molecule has 0 saturated carbocycles. The molecule has 2 amide bonds. The molecule has 2 aliphatic rings. The molecule has 0 spiro atoms. The van der Waals surface area contributed by atoms with Crippen LogP contribution in [0.4, 0.5) is 5.69 Å². The van der Waals surface area contributed by atoms with E-state index in [-0.39, 0.29) is 18.3 Å². The third-order valence-corrected chi connectivity index (χ3v) is 7.34. The summed E-state index contributed by atoms with van der Waals surface area (Å²) in [6, 6.07) is 16.5. The van der Waals surface area contributed by atoms with E-state index in [1.807, 2.05) is 37.3 Å². The van der Waals surface area contributed by atoms with Gasteiger partial charge in [-0.15, -0.1) is 0 Å². The fourth-order valence-corrected chi connectivity index (χ4v) is 5.43. The number of hydrogen-bond acceptors (Lipinski definition) is 5. The van der Waals surface area contributed by atoms with Crippen LogP contribution >= 0.6 is 0 Å². The molecule has 2 heterocycles. The molecule has 0 radical (unpaired) electrons. The normalized spacial score (nSPS) is 20.2. The predicted octanol–water partition coefficient (Wildman–Crippen LogP) is 1.82. The lowest BCUT2D eigenvalue weighted by atomic mass is 10.1. The van der Waals surface area contributed by atoms with Gasteiger partial charge in [-0.05, 0) is 31.2 Å². The molecule has 2 aromatic carbocycles. The molecule has 1 saturated heterocycles. The van der Waals surface area contributed by atoms with Crippen LogP contribution in [0.15, 0.2) is 54.6 Å². The first-order valence-corrected chi connectivity index (χ1v) is 11.2. The zero-order chi connectivity index (χ0) is 20.6. The third kappa shape index (κ3) is 3.65. The first kappa shape index (κ1) is 19.6. The zero-order valence-corrected chi connectivity index (χ0v) is 17.0. The number of nitrogens with zero attached hydrogens (tertiary/aromatic N) is 3. The Balaban J connectivity index is 1.40. The number of benzene rings is 2. The molecular weight excluding hydrogens is 390 g/mol. The van der Waals surface area contributed by atoms with Crippen LogP contribution in [0, 0.1) is 0 Å². The van der Waals surface area contributed by atoms with Gasteiger partial charge in [0.25, 0.3) is 11.8 Å². The number of carbonyl (C=O) groups is 2. The van der Waals surface area contributed by atoms with E-state index in [4.69, 9.17) is 0 Å². The number of sulfonamides is 1. The summed E-state index contributed by atoms with van der Waals surface area (Å²) >= 11 is 0. The summed E-state index contributed by atoms with van der Waals surface area (Å²) in [4.78, 5) is 28.1. The summed E-state index contributed by atoms with van der Waals surface area (Å²) in [5.41, 5.74) is 1.74. The van der Waals surface area contributed by atoms with Crippen LogP contribution < -0.4 is 4.90 Å². The summed E-state index contributed by atoms with van der Waals surface area (Å²) in [6.07, 6.45) is 0. The van der Waals surface area contributed by atoms with Gasteiger partial charge in [0.15, 0.2) is 0 Å². The van der Waals surface area contributed by atoms with Crippen molar-refractivity contribution in [3.8, 4) is 0 Å². The van der Waals surface area contributed by atoms with Gasteiger partial charge >= 0.3 is 0 Å². The summed E-state index contributed by atoms with van der Waals surface area (Å²) in [7, 11) is -3.58. The fraction of sp³-hybridized carbons (Fsp3) is 0.333. The van der Waals surface area contributed by atoms with Gasteiger partial charge in [-0.3, -0.25) is 14.5 Å². The quantitative estimate of drug-likeness (QED) is 0.699. The summed E-state index contributed by atoms with van der Waals surface area (Å²) in [5, 5.41) is 0. The highest BCUT2D eigenvalue weighted by atomic mass is 32.2. The van der Waals surface area contributed by atoms with Crippen molar-refractivity contribution in [3.05, 3.63) is 65.7 Å². The minimum atomic E-state index is -3.58. The van der Waals surface area contributed by atoms with Crippen LogP contribution in [-0.2, 0) is 10.0 Å². The molecule has 0 N–H and O–H groups in total. The maximum absolute atomic E-state index is 12.9. The summed E-state index contributed by atoms with van der Waals surface area (Å²) in [6.45, 7) is 3.21. The third-order valence-electron chi connectivity index (χ3n) is 5.52. The lowest BCUT2D eigenvalue weighted by molar-refractivity contribution is 0.0663. The maximum Gasteiger partial charge on any atom is 0.261 e. The van der Waals surface area contributed by atoms with Crippen molar-refractivity contribution in [2.24, 2.45) is 0 Å². The van der Waals surface area contributed by atoms with Crippen LogP contribution in [0.5, 0.6) is 0 Å². The largest absolute Gasteiger partial charge is 0.366 e. The molecule has 1 unspecified atom stereocenters. The highest BCUT2D eigenvalue weighted by molar-refractivity contribution is 7.89. The van der Waals surface area contributed by atoms with Gasteiger partial charge in [-0.1, -0.05) is 30.3 Å². The van der Waals surface area contributed by atoms with Crippen LogP contribution in [0.25, 0.3) is 0 Å². The Morgan fingerprint density at radius 3 is 2.07 bits per heavy atom. The van der Waals surface area contributed by atoms with E-state index in [0.29, 0.717) is 30.8 Å². The molecule has 1 fully saturated rings. The second-order valence-electron chi connectivity index (χ2n) is 7.36. The minimum Gasteiger partial charge on any atom is -0.366 e. The number of para-hydroxylation sites is 1. The molecule has 7 nitrogen and oxygen atoms in total. The second-order valence-corrected chi connectivity index (χ2v) is 9.45. The van der Waals surface area contributed by atoms with Gasteiger partial charge in [0.1, 0.15) is 0 Å². The monoisotopic (exact) mass is 413 g/mol. The number of imide groups is 1. The molecule has 2 aromatic rings. The molecule has 0 aromatic heterocycles. The number of hydrogen-bond donors (Lipinski definition) is 0. The van der Waals surface area contributed by atoms with Crippen molar-refractivity contribution in [2.45, 2.75) is 13.0 Å². The van der Waals surface area contributed by atoms with Crippen molar-refractivity contribution in [1.82, 2.24) is 9.21 Å². The lowest BCUT2D eigenvalue weighted by Crippen LogP contribution is -2.54. The number of fused-ring (bicyclic) bond motifs is 1. The van der Waals surface area contributed by atoms with Crippen molar-refractivity contribution in [3.63, 3.8) is 0 Å². The Labute approximate surface area is 170 Å². The van der Waals surface area contributed by atoms with E-state index in [1.54, 1.807) is 24.3 Å². The van der Waals surface area contributed by atoms with Crippen molar-refractivity contribution in [1.29, 1.82) is 0 Å². The Morgan fingerprint density at radius 1 is 0.897 bits per heavy atom. The highest BCUT2D eigenvalue weighted by Gasteiger charge is 2.37. The Morgan fingerprint density at radius 2 is 1.48 bits per heavy atom. The van der Waals surface area contributed by atoms with E-state index in [2.05, 4.69) is 4.90 Å². The standard InChI is InChI=1S/C21H23N3O4S/c1-16-15-22(11-12-23(16)17-7-3-2-4-8-17)29(27,28)14-13-24-20(25)18-9-5-6-10-19(18)21(24)26/h2-10,16H,11-15H2,1H3. The average Bonchev–Trinajstić information content (AvgIpc) is 2.97. The van der Waals surface area contributed by atoms with Crippen molar-refractivity contribution < 1.29 is 18.0 Å².